The summed E-state index contributed by atoms with van der Waals surface area (Å²) in [5, 5.41) is 10.8. The highest BCUT2D eigenvalue weighted by Gasteiger charge is 2.32. The van der Waals surface area contributed by atoms with Gasteiger partial charge in [-0.25, -0.2) is 4.52 Å². The van der Waals surface area contributed by atoms with E-state index in [4.69, 9.17) is 4.74 Å². The molecule has 5 rings (SSSR count). The van der Waals surface area contributed by atoms with Crippen molar-refractivity contribution in [2.24, 2.45) is 5.92 Å². The predicted octanol–water partition coefficient (Wildman–Crippen LogP) is 3.18. The first-order valence-corrected chi connectivity index (χ1v) is 10.1. The van der Waals surface area contributed by atoms with Gasteiger partial charge in [0.25, 0.3) is 0 Å². The Balaban J connectivity index is 1.43. The monoisotopic (exact) mass is 391 g/mol. The lowest BCUT2D eigenvalue weighted by Crippen LogP contribution is -2.58. The minimum atomic E-state index is 0.0340. The first-order chi connectivity index (χ1) is 14.0. The van der Waals surface area contributed by atoms with E-state index in [-0.39, 0.29) is 17.4 Å². The van der Waals surface area contributed by atoms with Crippen LogP contribution in [0.2, 0.25) is 0 Å². The lowest BCUT2D eigenvalue weighted by Gasteiger charge is -2.39. The molecule has 1 saturated heterocycles. The Morgan fingerprint density at radius 1 is 1.38 bits per heavy atom. The molecule has 3 aromatic heterocycles. The maximum absolute atomic E-state index is 12.0. The zero-order chi connectivity index (χ0) is 20.0. The summed E-state index contributed by atoms with van der Waals surface area (Å²) in [6.07, 6.45) is 6.77. The molecule has 29 heavy (non-hydrogen) atoms. The number of nitrogens with zero attached hydrogens (tertiary/aromatic N) is 3. The minimum absolute atomic E-state index is 0.0340. The normalized spacial score (nSPS) is 21.0. The Morgan fingerprint density at radius 2 is 2.21 bits per heavy atom. The molecule has 7 heteroatoms. The van der Waals surface area contributed by atoms with E-state index in [0.29, 0.717) is 12.4 Å². The Bertz CT molecular complexity index is 1080. The smallest absolute Gasteiger partial charge is 0.228 e. The van der Waals surface area contributed by atoms with Gasteiger partial charge in [-0.3, -0.25) is 9.78 Å². The van der Waals surface area contributed by atoms with E-state index in [0.717, 1.165) is 53.9 Å². The molecule has 0 bridgehead atoms. The number of carbonyl (C=O) groups excluding carboxylic acids is 1. The van der Waals surface area contributed by atoms with Crippen LogP contribution < -0.4 is 15.4 Å². The lowest BCUT2D eigenvalue weighted by atomic mass is 9.91. The molecule has 1 amide bonds. The maximum Gasteiger partial charge on any atom is 0.228 e. The summed E-state index contributed by atoms with van der Waals surface area (Å²) in [4.78, 5) is 16.4. The molecule has 150 valence electrons. The molecular weight excluding hydrogens is 366 g/mol. The third-order valence-electron chi connectivity index (χ3n) is 5.75. The Morgan fingerprint density at radius 3 is 2.93 bits per heavy atom. The van der Waals surface area contributed by atoms with Gasteiger partial charge in [0, 0.05) is 29.4 Å². The van der Waals surface area contributed by atoms with Gasteiger partial charge in [0.15, 0.2) is 5.82 Å². The van der Waals surface area contributed by atoms with Crippen molar-refractivity contribution in [3.05, 3.63) is 42.4 Å². The van der Waals surface area contributed by atoms with Crippen LogP contribution in [0.15, 0.2) is 36.7 Å². The summed E-state index contributed by atoms with van der Waals surface area (Å²) < 4.78 is 7.93. The largest absolute Gasteiger partial charge is 0.489 e. The molecule has 0 spiro atoms. The SMILES string of the molecule is Cc1cc(-c2ccn3nc(NC(=O)C4CC4)cc3c2)c(OCC2(C)CCN2)cn1. The molecular formula is C22H25N5O2. The van der Waals surface area contributed by atoms with Gasteiger partial charge in [-0.1, -0.05) is 0 Å². The number of hydrogen-bond acceptors (Lipinski definition) is 5. The number of anilines is 1. The molecule has 1 unspecified atom stereocenters. The number of carbonyl (C=O) groups is 1. The van der Waals surface area contributed by atoms with Crippen molar-refractivity contribution in [2.75, 3.05) is 18.5 Å². The van der Waals surface area contributed by atoms with Crippen LogP contribution in [-0.2, 0) is 4.79 Å². The van der Waals surface area contributed by atoms with Crippen molar-refractivity contribution in [1.29, 1.82) is 0 Å². The van der Waals surface area contributed by atoms with Crippen molar-refractivity contribution in [1.82, 2.24) is 19.9 Å². The average Bonchev–Trinajstić information content (AvgIpc) is 3.46. The molecule has 0 aromatic carbocycles. The molecule has 2 aliphatic rings. The highest BCUT2D eigenvalue weighted by atomic mass is 16.5. The summed E-state index contributed by atoms with van der Waals surface area (Å²) in [6, 6.07) is 8.02. The van der Waals surface area contributed by atoms with Crippen LogP contribution in [0.5, 0.6) is 5.75 Å². The standard InChI is InChI=1S/C22H25N5O2/c1-14-9-18(19(12-23-14)29-13-22(2)6-7-24-22)16-5-8-27-17(10-16)11-20(26-27)25-21(28)15-3-4-15/h5,8-12,15,24H,3-4,6-7,13H2,1-2H3,(H,25,26,28). The summed E-state index contributed by atoms with van der Waals surface area (Å²) in [7, 11) is 0. The quantitative estimate of drug-likeness (QED) is 0.675. The van der Waals surface area contributed by atoms with E-state index in [1.807, 2.05) is 31.3 Å². The van der Waals surface area contributed by atoms with Crippen molar-refractivity contribution in [2.45, 2.75) is 38.6 Å². The van der Waals surface area contributed by atoms with Gasteiger partial charge in [0.1, 0.15) is 12.4 Å². The second-order valence-electron chi connectivity index (χ2n) is 8.43. The zero-order valence-electron chi connectivity index (χ0n) is 16.7. The van der Waals surface area contributed by atoms with Gasteiger partial charge in [0.2, 0.25) is 5.91 Å². The van der Waals surface area contributed by atoms with Crippen LogP contribution in [0, 0.1) is 12.8 Å². The highest BCUT2D eigenvalue weighted by molar-refractivity contribution is 5.93. The van der Waals surface area contributed by atoms with Crippen LogP contribution in [0.25, 0.3) is 16.6 Å². The summed E-state index contributed by atoms with van der Waals surface area (Å²) in [6.45, 7) is 5.80. The molecule has 2 N–H and O–H groups in total. The summed E-state index contributed by atoms with van der Waals surface area (Å²) in [5.74, 6) is 1.58. The molecule has 7 nitrogen and oxygen atoms in total. The topological polar surface area (TPSA) is 80.5 Å². The van der Waals surface area contributed by atoms with E-state index in [9.17, 15) is 4.79 Å². The van der Waals surface area contributed by atoms with Crippen molar-refractivity contribution in [3.8, 4) is 16.9 Å². The van der Waals surface area contributed by atoms with E-state index in [1.165, 1.54) is 0 Å². The van der Waals surface area contributed by atoms with Gasteiger partial charge >= 0.3 is 0 Å². The fourth-order valence-electron chi connectivity index (χ4n) is 3.60. The van der Waals surface area contributed by atoms with Crippen LogP contribution in [0.4, 0.5) is 5.82 Å². The minimum Gasteiger partial charge on any atom is -0.489 e. The number of pyridine rings is 2. The first-order valence-electron chi connectivity index (χ1n) is 10.1. The summed E-state index contributed by atoms with van der Waals surface area (Å²) >= 11 is 0. The number of rotatable bonds is 6. The fraction of sp³-hybridized carbons (Fsp3) is 0.409. The number of fused-ring (bicyclic) bond motifs is 1. The predicted molar refractivity (Wildman–Crippen MR) is 111 cm³/mol. The van der Waals surface area contributed by atoms with Gasteiger partial charge in [-0.05, 0) is 63.4 Å². The summed E-state index contributed by atoms with van der Waals surface area (Å²) in [5.41, 5.74) is 3.93. The molecule has 0 radical (unpaired) electrons. The van der Waals surface area contributed by atoms with Crippen molar-refractivity contribution >= 4 is 17.2 Å². The van der Waals surface area contributed by atoms with Gasteiger partial charge < -0.3 is 15.4 Å². The maximum atomic E-state index is 12.0. The lowest BCUT2D eigenvalue weighted by molar-refractivity contribution is -0.117. The molecule has 4 heterocycles. The Labute approximate surface area is 169 Å². The van der Waals surface area contributed by atoms with Crippen LogP contribution >= 0.6 is 0 Å². The average molecular weight is 391 g/mol. The molecule has 1 aliphatic heterocycles. The second kappa shape index (κ2) is 6.84. The van der Waals surface area contributed by atoms with Gasteiger partial charge in [-0.2, -0.15) is 5.10 Å². The van der Waals surface area contributed by atoms with Gasteiger partial charge in [0.05, 0.1) is 17.3 Å². The second-order valence-corrected chi connectivity index (χ2v) is 8.43. The number of ether oxygens (including phenoxy) is 1. The van der Waals surface area contributed by atoms with Crippen molar-refractivity contribution < 1.29 is 9.53 Å². The fourth-order valence-corrected chi connectivity index (χ4v) is 3.60. The number of amides is 1. The third-order valence-corrected chi connectivity index (χ3v) is 5.75. The van der Waals surface area contributed by atoms with Crippen LogP contribution in [0.3, 0.4) is 0 Å². The molecule has 1 atom stereocenters. The molecule has 3 aromatic rings. The van der Waals surface area contributed by atoms with E-state index < -0.39 is 0 Å². The van der Waals surface area contributed by atoms with E-state index in [1.54, 1.807) is 10.7 Å². The molecule has 2 fully saturated rings. The number of aryl methyl sites for hydroxylation is 1. The number of hydrogen-bond donors (Lipinski definition) is 2. The Kier molecular flexibility index (Phi) is 4.28. The first kappa shape index (κ1) is 18.1. The number of aromatic nitrogens is 3. The molecule has 1 aliphatic carbocycles. The zero-order valence-corrected chi connectivity index (χ0v) is 16.7. The number of nitrogens with one attached hydrogen (secondary N) is 2. The van der Waals surface area contributed by atoms with Crippen molar-refractivity contribution in [3.63, 3.8) is 0 Å². The van der Waals surface area contributed by atoms with Gasteiger partial charge in [-0.15, -0.1) is 0 Å². The highest BCUT2D eigenvalue weighted by Crippen LogP contribution is 2.33. The van der Waals surface area contributed by atoms with E-state index in [2.05, 4.69) is 33.7 Å². The Hall–Kier alpha value is -2.93. The van der Waals surface area contributed by atoms with Crippen LogP contribution in [0.1, 0.15) is 31.9 Å². The third kappa shape index (κ3) is 3.70. The molecule has 1 saturated carbocycles. The van der Waals surface area contributed by atoms with Crippen LogP contribution in [-0.4, -0.2) is 39.2 Å². The van der Waals surface area contributed by atoms with E-state index >= 15 is 0 Å².